The summed E-state index contributed by atoms with van der Waals surface area (Å²) in [6.45, 7) is 2.46. The molecule has 3 N–H and O–H groups in total. The third-order valence-corrected chi connectivity index (χ3v) is 2.79. The van der Waals surface area contributed by atoms with Crippen LogP contribution in [0.4, 0.5) is 0 Å². The molecule has 1 heterocycles. The molecule has 116 valence electrons. The van der Waals surface area contributed by atoms with E-state index in [0.717, 1.165) is 5.75 Å². The van der Waals surface area contributed by atoms with Crippen LogP contribution in [-0.2, 0) is 11.4 Å². The number of aromatic amines is 1. The van der Waals surface area contributed by atoms with Crippen molar-refractivity contribution in [1.29, 1.82) is 0 Å². The minimum Gasteiger partial charge on any atom is -0.487 e. The quantitative estimate of drug-likeness (QED) is 0.661. The van der Waals surface area contributed by atoms with Crippen LogP contribution in [0.3, 0.4) is 0 Å². The SMILES string of the molecule is CC(=O)NCCNC(=O)c1cc(COc2ccccc2)[nH]n1. The molecule has 0 unspecified atom stereocenters. The Bertz CT molecular complexity index is 625. The Kier molecular flexibility index (Phi) is 5.53. The predicted octanol–water partition coefficient (Wildman–Crippen LogP) is 0.855. The van der Waals surface area contributed by atoms with Gasteiger partial charge >= 0.3 is 0 Å². The van der Waals surface area contributed by atoms with Crippen molar-refractivity contribution in [3.63, 3.8) is 0 Å². The number of para-hydroxylation sites is 1. The average Bonchev–Trinajstić information content (AvgIpc) is 2.99. The average molecular weight is 302 g/mol. The summed E-state index contributed by atoms with van der Waals surface area (Å²) in [4.78, 5) is 22.5. The summed E-state index contributed by atoms with van der Waals surface area (Å²) in [7, 11) is 0. The minimum absolute atomic E-state index is 0.130. The smallest absolute Gasteiger partial charge is 0.271 e. The Morgan fingerprint density at radius 2 is 1.91 bits per heavy atom. The van der Waals surface area contributed by atoms with Crippen LogP contribution in [0.25, 0.3) is 0 Å². The zero-order valence-corrected chi connectivity index (χ0v) is 12.3. The highest BCUT2D eigenvalue weighted by atomic mass is 16.5. The third kappa shape index (κ3) is 4.93. The predicted molar refractivity (Wildman–Crippen MR) is 80.4 cm³/mol. The molecule has 2 amide bonds. The van der Waals surface area contributed by atoms with E-state index in [4.69, 9.17) is 4.74 Å². The van der Waals surface area contributed by atoms with Crippen molar-refractivity contribution < 1.29 is 14.3 Å². The highest BCUT2D eigenvalue weighted by Crippen LogP contribution is 2.11. The van der Waals surface area contributed by atoms with E-state index in [1.165, 1.54) is 6.92 Å². The van der Waals surface area contributed by atoms with Gasteiger partial charge in [0.2, 0.25) is 5.91 Å². The molecule has 0 atom stereocenters. The van der Waals surface area contributed by atoms with E-state index in [0.29, 0.717) is 25.4 Å². The third-order valence-electron chi connectivity index (χ3n) is 2.79. The Labute approximate surface area is 128 Å². The molecule has 7 nitrogen and oxygen atoms in total. The first kappa shape index (κ1) is 15.6. The van der Waals surface area contributed by atoms with Gasteiger partial charge in [0.25, 0.3) is 5.91 Å². The van der Waals surface area contributed by atoms with Crippen molar-refractivity contribution in [2.75, 3.05) is 13.1 Å². The van der Waals surface area contributed by atoms with Gasteiger partial charge in [-0.25, -0.2) is 0 Å². The maximum Gasteiger partial charge on any atom is 0.271 e. The molecule has 0 radical (unpaired) electrons. The molecule has 22 heavy (non-hydrogen) atoms. The van der Waals surface area contributed by atoms with Gasteiger partial charge < -0.3 is 15.4 Å². The van der Waals surface area contributed by atoms with Crippen LogP contribution >= 0.6 is 0 Å². The summed E-state index contributed by atoms with van der Waals surface area (Å²) in [5.41, 5.74) is 0.991. The second-order valence-corrected chi connectivity index (χ2v) is 4.62. The van der Waals surface area contributed by atoms with Crippen LogP contribution in [0.2, 0.25) is 0 Å². The van der Waals surface area contributed by atoms with Gasteiger partial charge in [-0.3, -0.25) is 14.7 Å². The number of carbonyl (C=O) groups is 2. The molecule has 7 heteroatoms. The Hall–Kier alpha value is -2.83. The van der Waals surface area contributed by atoms with Gasteiger partial charge in [-0.15, -0.1) is 0 Å². The lowest BCUT2D eigenvalue weighted by Gasteiger charge is -2.03. The number of nitrogens with one attached hydrogen (secondary N) is 3. The fourth-order valence-corrected chi connectivity index (χ4v) is 1.73. The van der Waals surface area contributed by atoms with Crippen molar-refractivity contribution in [1.82, 2.24) is 20.8 Å². The number of carbonyl (C=O) groups excluding carboxylic acids is 2. The summed E-state index contributed by atoms with van der Waals surface area (Å²) < 4.78 is 5.56. The molecule has 0 aliphatic carbocycles. The normalized spacial score (nSPS) is 10.0. The first-order valence-corrected chi connectivity index (χ1v) is 6.90. The van der Waals surface area contributed by atoms with E-state index in [1.54, 1.807) is 6.07 Å². The van der Waals surface area contributed by atoms with E-state index in [1.807, 2.05) is 30.3 Å². The first-order valence-electron chi connectivity index (χ1n) is 6.90. The highest BCUT2D eigenvalue weighted by molar-refractivity contribution is 5.92. The van der Waals surface area contributed by atoms with Crippen LogP contribution in [0.15, 0.2) is 36.4 Å². The van der Waals surface area contributed by atoms with Crippen molar-refractivity contribution in [2.24, 2.45) is 0 Å². The van der Waals surface area contributed by atoms with Crippen LogP contribution in [0, 0.1) is 0 Å². The summed E-state index contributed by atoms with van der Waals surface area (Å²) in [5.74, 6) is 0.320. The van der Waals surface area contributed by atoms with Crippen molar-refractivity contribution in [3.8, 4) is 5.75 Å². The number of nitrogens with zero attached hydrogens (tertiary/aromatic N) is 1. The molecular formula is C15H18N4O3. The van der Waals surface area contributed by atoms with E-state index in [-0.39, 0.29) is 17.5 Å². The zero-order valence-electron chi connectivity index (χ0n) is 12.3. The summed E-state index contributed by atoms with van der Waals surface area (Å²) >= 11 is 0. The van der Waals surface area contributed by atoms with Crippen molar-refractivity contribution in [3.05, 3.63) is 47.8 Å². The molecule has 0 aliphatic rings. The number of aromatic nitrogens is 2. The fraction of sp³-hybridized carbons (Fsp3) is 0.267. The van der Waals surface area contributed by atoms with Crippen LogP contribution in [0.5, 0.6) is 5.75 Å². The lowest BCUT2D eigenvalue weighted by atomic mass is 10.3. The van der Waals surface area contributed by atoms with E-state index < -0.39 is 0 Å². The van der Waals surface area contributed by atoms with Gasteiger partial charge in [0.1, 0.15) is 18.1 Å². The van der Waals surface area contributed by atoms with Crippen LogP contribution < -0.4 is 15.4 Å². The second-order valence-electron chi connectivity index (χ2n) is 4.62. The molecule has 0 saturated carbocycles. The van der Waals surface area contributed by atoms with Crippen LogP contribution in [-0.4, -0.2) is 35.1 Å². The van der Waals surface area contributed by atoms with Gasteiger partial charge in [-0.05, 0) is 18.2 Å². The summed E-state index contributed by atoms with van der Waals surface area (Å²) in [6, 6.07) is 11.0. The Balaban J connectivity index is 1.78. The molecule has 2 aromatic rings. The molecule has 0 fully saturated rings. The standard InChI is InChI=1S/C15H18N4O3/c1-11(20)16-7-8-17-15(21)14-9-12(18-19-14)10-22-13-5-3-2-4-6-13/h2-6,9H,7-8,10H2,1H3,(H,16,20)(H,17,21)(H,18,19). The largest absolute Gasteiger partial charge is 0.487 e. The maximum absolute atomic E-state index is 11.8. The molecule has 2 rings (SSSR count). The highest BCUT2D eigenvalue weighted by Gasteiger charge is 2.10. The number of H-pyrrole nitrogens is 1. The fourth-order valence-electron chi connectivity index (χ4n) is 1.73. The number of benzene rings is 1. The number of rotatable bonds is 7. The zero-order chi connectivity index (χ0) is 15.8. The molecule has 0 bridgehead atoms. The van der Waals surface area contributed by atoms with Gasteiger partial charge in [0.05, 0.1) is 5.69 Å². The number of amides is 2. The molecular weight excluding hydrogens is 284 g/mol. The van der Waals surface area contributed by atoms with Gasteiger partial charge in [-0.2, -0.15) is 5.10 Å². The van der Waals surface area contributed by atoms with E-state index in [9.17, 15) is 9.59 Å². The molecule has 1 aromatic carbocycles. The second kappa shape index (κ2) is 7.82. The van der Waals surface area contributed by atoms with Gasteiger partial charge in [0, 0.05) is 20.0 Å². The molecule has 0 spiro atoms. The summed E-state index contributed by atoms with van der Waals surface area (Å²) in [5, 5.41) is 12.0. The number of hydrogen-bond donors (Lipinski definition) is 3. The monoisotopic (exact) mass is 302 g/mol. The Morgan fingerprint density at radius 1 is 1.18 bits per heavy atom. The van der Waals surface area contributed by atoms with Crippen molar-refractivity contribution in [2.45, 2.75) is 13.5 Å². The minimum atomic E-state index is -0.299. The van der Waals surface area contributed by atoms with Gasteiger partial charge in [-0.1, -0.05) is 18.2 Å². The lowest BCUT2D eigenvalue weighted by molar-refractivity contribution is -0.118. The molecule has 1 aromatic heterocycles. The number of hydrogen-bond acceptors (Lipinski definition) is 4. The van der Waals surface area contributed by atoms with E-state index >= 15 is 0 Å². The first-order chi connectivity index (χ1) is 10.6. The Morgan fingerprint density at radius 3 is 2.64 bits per heavy atom. The topological polar surface area (TPSA) is 96.1 Å². The molecule has 0 aliphatic heterocycles. The summed E-state index contributed by atoms with van der Waals surface area (Å²) in [6.07, 6.45) is 0. The number of ether oxygens (including phenoxy) is 1. The maximum atomic E-state index is 11.8. The van der Waals surface area contributed by atoms with Gasteiger partial charge in [0.15, 0.2) is 0 Å². The lowest BCUT2D eigenvalue weighted by Crippen LogP contribution is -2.33. The van der Waals surface area contributed by atoms with E-state index in [2.05, 4.69) is 20.8 Å². The van der Waals surface area contributed by atoms with Crippen molar-refractivity contribution >= 4 is 11.8 Å². The molecule has 0 saturated heterocycles. The van der Waals surface area contributed by atoms with Crippen LogP contribution in [0.1, 0.15) is 23.1 Å².